The summed E-state index contributed by atoms with van der Waals surface area (Å²) in [6.07, 6.45) is 2.85. The molecule has 0 spiro atoms. The molecule has 0 aliphatic carbocycles. The third kappa shape index (κ3) is 8.82. The van der Waals surface area contributed by atoms with Crippen LogP contribution in [0.5, 0.6) is 11.5 Å². The summed E-state index contributed by atoms with van der Waals surface area (Å²) in [4.78, 5) is 51.3. The molecular formula is C36H36N8O7. The molecule has 0 bridgehead atoms. The number of hydrogen-bond acceptors (Lipinski definition) is 13. The Morgan fingerprint density at radius 1 is 1.00 bits per heavy atom. The van der Waals surface area contributed by atoms with E-state index < -0.39 is 5.97 Å². The molecule has 0 fully saturated rings. The van der Waals surface area contributed by atoms with E-state index in [9.17, 15) is 14.4 Å². The first-order valence-electron chi connectivity index (χ1n) is 16.3. The van der Waals surface area contributed by atoms with Gasteiger partial charge in [-0.05, 0) is 60.7 Å². The van der Waals surface area contributed by atoms with Crippen molar-refractivity contribution in [1.82, 2.24) is 16.0 Å². The van der Waals surface area contributed by atoms with Crippen molar-refractivity contribution in [3.8, 4) is 11.5 Å². The molecule has 3 aromatic rings. The SMILES string of the molecule is CCOC(=O)CCc1cc(OC2=C3NC(=O)CN=C3NC(Oc3cc(C(=N)N)ccc3C(=O)OCc3ccccc3)=N2)cc(C2N=CCCN2)c1. The van der Waals surface area contributed by atoms with Gasteiger partial charge in [0.1, 0.15) is 47.9 Å². The van der Waals surface area contributed by atoms with E-state index in [0.29, 0.717) is 17.7 Å². The van der Waals surface area contributed by atoms with Crippen molar-refractivity contribution in [2.24, 2.45) is 20.7 Å². The van der Waals surface area contributed by atoms with Gasteiger partial charge in [-0.3, -0.25) is 35.6 Å². The third-order valence-electron chi connectivity index (χ3n) is 7.76. The lowest BCUT2D eigenvalue weighted by atomic mass is 10.0. The number of rotatable bonds is 12. The Morgan fingerprint density at radius 3 is 2.61 bits per heavy atom. The van der Waals surface area contributed by atoms with Gasteiger partial charge in [-0.15, -0.1) is 0 Å². The standard InChI is InChI=1S/C36H36N8O7/c1-2-48-29(46)12-9-22-15-24(32-39-13-6-14-40-32)17-25(16-22)50-34-30-33(41-19-28(45)42-30)43-36(44-34)51-27-18-23(31(37)38)10-11-26(27)35(47)49-20-21-7-4-3-5-8-21/h3-5,7-8,10-11,13,15-18,32,40H,2,6,9,12,14,19-20H2,1H3,(H3,37,38)(H,42,45)(H,41,43,44). The summed E-state index contributed by atoms with van der Waals surface area (Å²) in [5.74, 6) is -1.12. The molecule has 0 saturated heterocycles. The molecule has 262 valence electrons. The molecule has 3 aliphatic rings. The fourth-order valence-electron chi connectivity index (χ4n) is 5.33. The van der Waals surface area contributed by atoms with Gasteiger partial charge >= 0.3 is 18.0 Å². The maximum atomic E-state index is 13.3. The number of amides is 1. The molecule has 6 rings (SSSR count). The number of aryl methyl sites for hydroxylation is 1. The van der Waals surface area contributed by atoms with Gasteiger partial charge in [-0.1, -0.05) is 42.5 Å². The smallest absolute Gasteiger partial charge is 0.342 e. The minimum Gasteiger partial charge on any atom is -0.466 e. The summed E-state index contributed by atoms with van der Waals surface area (Å²) in [5, 5.41) is 17.0. The van der Waals surface area contributed by atoms with Crippen molar-refractivity contribution in [3.63, 3.8) is 0 Å². The number of carbonyl (C=O) groups is 3. The zero-order valence-electron chi connectivity index (χ0n) is 27.7. The fourth-order valence-corrected chi connectivity index (χ4v) is 5.33. The number of nitrogens with one attached hydrogen (secondary N) is 4. The first-order valence-corrected chi connectivity index (χ1v) is 16.3. The Hall–Kier alpha value is -6.35. The Morgan fingerprint density at radius 2 is 1.84 bits per heavy atom. The monoisotopic (exact) mass is 692 g/mol. The van der Waals surface area contributed by atoms with E-state index >= 15 is 0 Å². The average Bonchev–Trinajstić information content (AvgIpc) is 3.14. The number of amidine groups is 3. The second-order valence-corrected chi connectivity index (χ2v) is 11.5. The van der Waals surface area contributed by atoms with Crippen LogP contribution in [0.2, 0.25) is 0 Å². The minimum absolute atomic E-state index is 0.000241. The summed E-state index contributed by atoms with van der Waals surface area (Å²) in [6.45, 7) is 2.63. The molecule has 1 atom stereocenters. The predicted octanol–water partition coefficient (Wildman–Crippen LogP) is 3.00. The highest BCUT2D eigenvalue weighted by Crippen LogP contribution is 2.29. The maximum Gasteiger partial charge on any atom is 0.342 e. The summed E-state index contributed by atoms with van der Waals surface area (Å²) in [7, 11) is 0. The van der Waals surface area contributed by atoms with E-state index in [1.807, 2.05) is 42.6 Å². The molecule has 15 nitrogen and oxygen atoms in total. The van der Waals surface area contributed by atoms with Gasteiger partial charge in [0.05, 0.1) is 6.61 Å². The molecule has 0 aromatic heterocycles. The van der Waals surface area contributed by atoms with Crippen LogP contribution in [0, 0.1) is 5.41 Å². The molecule has 0 radical (unpaired) electrons. The lowest BCUT2D eigenvalue weighted by Crippen LogP contribution is -2.48. The van der Waals surface area contributed by atoms with E-state index in [1.165, 1.54) is 18.2 Å². The highest BCUT2D eigenvalue weighted by atomic mass is 16.5. The molecule has 6 N–H and O–H groups in total. The first kappa shape index (κ1) is 34.5. The Labute approximate surface area is 293 Å². The molecule has 3 aromatic carbocycles. The zero-order chi connectivity index (χ0) is 35.7. The van der Waals surface area contributed by atoms with Crippen LogP contribution < -0.4 is 31.2 Å². The van der Waals surface area contributed by atoms with Gasteiger partial charge < -0.3 is 30.0 Å². The lowest BCUT2D eigenvalue weighted by molar-refractivity contribution is -0.143. The maximum absolute atomic E-state index is 13.3. The lowest BCUT2D eigenvalue weighted by Gasteiger charge is -2.25. The minimum atomic E-state index is -0.679. The second-order valence-electron chi connectivity index (χ2n) is 11.5. The average molecular weight is 693 g/mol. The second kappa shape index (κ2) is 15.9. The van der Waals surface area contributed by atoms with Crippen LogP contribution in [0.25, 0.3) is 0 Å². The number of fused-ring (bicyclic) bond motifs is 1. The summed E-state index contributed by atoms with van der Waals surface area (Å²) in [5.41, 5.74) is 8.65. The number of ether oxygens (including phenoxy) is 4. The van der Waals surface area contributed by atoms with Gasteiger partial charge in [-0.25, -0.2) is 4.79 Å². The van der Waals surface area contributed by atoms with Crippen molar-refractivity contribution in [2.75, 3.05) is 19.7 Å². The Balaban J connectivity index is 1.32. The molecule has 1 amide bonds. The van der Waals surface area contributed by atoms with E-state index in [2.05, 4.69) is 30.9 Å². The quantitative estimate of drug-likeness (QED) is 0.106. The third-order valence-corrected chi connectivity index (χ3v) is 7.76. The van der Waals surface area contributed by atoms with Crippen LogP contribution in [-0.4, -0.2) is 61.4 Å². The number of nitrogens with zero attached hydrogens (tertiary/aromatic N) is 3. The highest BCUT2D eigenvalue weighted by Gasteiger charge is 2.30. The topological polar surface area (TPSA) is 211 Å². The molecule has 1 unspecified atom stereocenters. The van der Waals surface area contributed by atoms with Crippen molar-refractivity contribution in [2.45, 2.75) is 39.0 Å². The largest absolute Gasteiger partial charge is 0.466 e. The normalized spacial score (nSPS) is 16.5. The van der Waals surface area contributed by atoms with Crippen LogP contribution >= 0.6 is 0 Å². The van der Waals surface area contributed by atoms with Crippen molar-refractivity contribution >= 4 is 41.8 Å². The van der Waals surface area contributed by atoms with Gasteiger partial charge in [0.25, 0.3) is 5.88 Å². The Kier molecular flexibility index (Phi) is 10.8. The van der Waals surface area contributed by atoms with Crippen LogP contribution in [0.15, 0.2) is 93.3 Å². The molecule has 3 aliphatic heterocycles. The summed E-state index contributed by atoms with van der Waals surface area (Å²) < 4.78 is 23.1. The van der Waals surface area contributed by atoms with Crippen molar-refractivity contribution in [1.29, 1.82) is 5.41 Å². The van der Waals surface area contributed by atoms with Crippen LogP contribution in [0.4, 0.5) is 0 Å². The van der Waals surface area contributed by atoms with Crippen LogP contribution in [-0.2, 0) is 32.1 Å². The molecule has 15 heteroatoms. The number of esters is 2. The number of nitrogen functional groups attached to an aromatic ring is 1. The predicted molar refractivity (Wildman–Crippen MR) is 188 cm³/mol. The van der Waals surface area contributed by atoms with Crippen LogP contribution in [0.3, 0.4) is 0 Å². The summed E-state index contributed by atoms with van der Waals surface area (Å²) >= 11 is 0. The molecule has 51 heavy (non-hydrogen) atoms. The number of carbonyl (C=O) groups excluding carboxylic acids is 3. The van der Waals surface area contributed by atoms with Gasteiger partial charge in [0, 0.05) is 24.7 Å². The van der Waals surface area contributed by atoms with Gasteiger partial charge in [0.15, 0.2) is 5.84 Å². The zero-order valence-corrected chi connectivity index (χ0v) is 27.7. The van der Waals surface area contributed by atoms with E-state index in [-0.39, 0.29) is 84.8 Å². The number of hydrogen-bond donors (Lipinski definition) is 5. The number of nitrogens with two attached hydrogens (primary N) is 1. The fraction of sp³-hybridized carbons (Fsp3) is 0.250. The van der Waals surface area contributed by atoms with E-state index in [4.69, 9.17) is 30.1 Å². The Bertz CT molecular complexity index is 1970. The highest BCUT2D eigenvalue weighted by molar-refractivity contribution is 6.13. The number of benzene rings is 3. The van der Waals surface area contributed by atoms with E-state index in [0.717, 1.165) is 29.7 Å². The van der Waals surface area contributed by atoms with Crippen LogP contribution in [0.1, 0.15) is 58.5 Å². The van der Waals surface area contributed by atoms with Crippen molar-refractivity contribution < 1.29 is 33.3 Å². The molecule has 3 heterocycles. The molecular weight excluding hydrogens is 656 g/mol. The number of aliphatic imine (C=N–C) groups is 3. The van der Waals surface area contributed by atoms with Gasteiger partial charge in [0.2, 0.25) is 5.91 Å². The molecule has 0 saturated carbocycles. The van der Waals surface area contributed by atoms with Crippen molar-refractivity contribution in [3.05, 3.63) is 106 Å². The first-order chi connectivity index (χ1) is 24.7. The van der Waals surface area contributed by atoms with Gasteiger partial charge in [-0.2, -0.15) is 4.99 Å². The van der Waals surface area contributed by atoms with E-state index in [1.54, 1.807) is 19.1 Å². The summed E-state index contributed by atoms with van der Waals surface area (Å²) in [6, 6.07) is 18.9.